The van der Waals surface area contributed by atoms with Crippen LogP contribution in [0.25, 0.3) is 0 Å². The van der Waals surface area contributed by atoms with Gasteiger partial charge >= 0.3 is 0 Å². The van der Waals surface area contributed by atoms with Crippen molar-refractivity contribution in [3.63, 3.8) is 0 Å². The molecule has 0 fully saturated rings. The second-order valence-corrected chi connectivity index (χ2v) is 5.17. The molecule has 0 aliphatic carbocycles. The number of aryl methyl sites for hydroxylation is 2. The zero-order chi connectivity index (χ0) is 13.8. The predicted octanol–water partition coefficient (Wildman–Crippen LogP) is 3.07. The number of rotatable bonds is 4. The lowest BCUT2D eigenvalue weighted by molar-refractivity contribution is 0.0312. The van der Waals surface area contributed by atoms with Crippen molar-refractivity contribution in [1.29, 1.82) is 0 Å². The molecule has 1 aromatic rings. The minimum atomic E-state index is -0.297. The molecule has 1 rings (SSSR count). The van der Waals surface area contributed by atoms with Gasteiger partial charge in [-0.3, -0.25) is 4.99 Å². The summed E-state index contributed by atoms with van der Waals surface area (Å²) in [5, 5.41) is 3.09. The SMILES string of the molecule is COC(C)(C)CN=C(N)Nc1cc(C)cc(C)c1.I. The molecule has 4 nitrogen and oxygen atoms in total. The monoisotopic (exact) mass is 377 g/mol. The number of nitrogens with zero attached hydrogens (tertiary/aromatic N) is 1. The van der Waals surface area contributed by atoms with Crippen molar-refractivity contribution in [3.05, 3.63) is 29.3 Å². The molecule has 0 bridgehead atoms. The Hall–Kier alpha value is -0.820. The van der Waals surface area contributed by atoms with E-state index in [4.69, 9.17) is 10.5 Å². The summed E-state index contributed by atoms with van der Waals surface area (Å²) in [6, 6.07) is 6.19. The molecular weight excluding hydrogens is 353 g/mol. The number of hydrogen-bond donors (Lipinski definition) is 2. The molecule has 0 atom stereocenters. The maximum atomic E-state index is 5.85. The van der Waals surface area contributed by atoms with Gasteiger partial charge in [0.05, 0.1) is 12.1 Å². The molecule has 5 heteroatoms. The van der Waals surface area contributed by atoms with Gasteiger partial charge in [0, 0.05) is 12.8 Å². The van der Waals surface area contributed by atoms with Crippen LogP contribution in [0.3, 0.4) is 0 Å². The number of nitrogens with two attached hydrogens (primary N) is 1. The fraction of sp³-hybridized carbons (Fsp3) is 0.500. The van der Waals surface area contributed by atoms with Crippen molar-refractivity contribution in [2.75, 3.05) is 19.0 Å². The number of guanidine groups is 1. The Morgan fingerprint density at radius 3 is 2.26 bits per heavy atom. The van der Waals surface area contributed by atoms with Crippen molar-refractivity contribution in [1.82, 2.24) is 0 Å². The molecule has 0 amide bonds. The number of anilines is 1. The van der Waals surface area contributed by atoms with E-state index < -0.39 is 0 Å². The Bertz CT molecular complexity index is 424. The molecule has 0 heterocycles. The lowest BCUT2D eigenvalue weighted by Crippen LogP contribution is -2.30. The zero-order valence-corrected chi connectivity index (χ0v) is 14.6. The van der Waals surface area contributed by atoms with E-state index in [-0.39, 0.29) is 29.6 Å². The third-order valence-corrected chi connectivity index (χ3v) is 2.68. The molecule has 0 saturated heterocycles. The topological polar surface area (TPSA) is 59.6 Å². The summed E-state index contributed by atoms with van der Waals surface area (Å²) in [4.78, 5) is 4.28. The minimum Gasteiger partial charge on any atom is -0.377 e. The summed E-state index contributed by atoms with van der Waals surface area (Å²) in [6.07, 6.45) is 0. The molecule has 0 aliphatic rings. The van der Waals surface area contributed by atoms with Crippen LogP contribution in [-0.4, -0.2) is 25.2 Å². The van der Waals surface area contributed by atoms with Crippen LogP contribution < -0.4 is 11.1 Å². The normalized spacial score (nSPS) is 11.9. The third kappa shape index (κ3) is 6.77. The molecule has 108 valence electrons. The molecule has 0 spiro atoms. The maximum absolute atomic E-state index is 5.85. The van der Waals surface area contributed by atoms with E-state index in [2.05, 4.69) is 30.2 Å². The first kappa shape index (κ1) is 18.2. The zero-order valence-electron chi connectivity index (χ0n) is 12.3. The van der Waals surface area contributed by atoms with Gasteiger partial charge < -0.3 is 15.8 Å². The molecule has 0 radical (unpaired) electrons. The second kappa shape index (κ2) is 7.69. The first-order valence-electron chi connectivity index (χ1n) is 6.03. The average Bonchev–Trinajstić information content (AvgIpc) is 2.25. The Balaban J connectivity index is 0.00000324. The van der Waals surface area contributed by atoms with Crippen molar-refractivity contribution in [2.24, 2.45) is 10.7 Å². The van der Waals surface area contributed by atoms with Gasteiger partial charge in [-0.05, 0) is 51.0 Å². The summed E-state index contributed by atoms with van der Waals surface area (Å²) in [5.41, 5.74) is 8.91. The number of nitrogens with one attached hydrogen (secondary N) is 1. The fourth-order valence-electron chi connectivity index (χ4n) is 1.57. The quantitative estimate of drug-likeness (QED) is 0.482. The van der Waals surface area contributed by atoms with Gasteiger partial charge in [-0.15, -0.1) is 24.0 Å². The van der Waals surface area contributed by atoms with E-state index in [1.807, 2.05) is 26.0 Å². The van der Waals surface area contributed by atoms with Gasteiger partial charge in [0.2, 0.25) is 0 Å². The smallest absolute Gasteiger partial charge is 0.193 e. The first-order valence-corrected chi connectivity index (χ1v) is 6.03. The van der Waals surface area contributed by atoms with Crippen LogP contribution in [0.2, 0.25) is 0 Å². The van der Waals surface area contributed by atoms with Gasteiger partial charge in [-0.1, -0.05) is 6.07 Å². The highest BCUT2D eigenvalue weighted by Crippen LogP contribution is 2.13. The standard InChI is InChI=1S/C14H23N3O.HI/c1-10-6-11(2)8-12(7-10)17-13(15)16-9-14(3,4)18-5;/h6-8H,9H2,1-5H3,(H3,15,16,17);1H. The number of ether oxygens (including phenoxy) is 1. The number of hydrogen-bond acceptors (Lipinski definition) is 2. The molecule has 0 unspecified atom stereocenters. The van der Waals surface area contributed by atoms with E-state index in [1.165, 1.54) is 11.1 Å². The lowest BCUT2D eigenvalue weighted by Gasteiger charge is -2.20. The lowest BCUT2D eigenvalue weighted by atomic mass is 10.1. The van der Waals surface area contributed by atoms with E-state index >= 15 is 0 Å². The van der Waals surface area contributed by atoms with Crippen LogP contribution in [0, 0.1) is 13.8 Å². The van der Waals surface area contributed by atoms with Crippen molar-refractivity contribution >= 4 is 35.6 Å². The number of benzene rings is 1. The average molecular weight is 377 g/mol. The Kier molecular flexibility index (Phi) is 7.36. The second-order valence-electron chi connectivity index (χ2n) is 5.17. The number of aliphatic imine (C=N–C) groups is 1. The van der Waals surface area contributed by atoms with E-state index in [0.717, 1.165) is 5.69 Å². The van der Waals surface area contributed by atoms with Crippen molar-refractivity contribution < 1.29 is 4.74 Å². The maximum Gasteiger partial charge on any atom is 0.193 e. The number of halogens is 1. The summed E-state index contributed by atoms with van der Waals surface area (Å²) in [5.74, 6) is 0.408. The Morgan fingerprint density at radius 2 is 1.79 bits per heavy atom. The summed E-state index contributed by atoms with van der Waals surface area (Å²) in [6.45, 7) is 8.58. The van der Waals surface area contributed by atoms with Crippen LogP contribution in [0.15, 0.2) is 23.2 Å². The molecule has 3 N–H and O–H groups in total. The highest BCUT2D eigenvalue weighted by Gasteiger charge is 2.15. The third-order valence-electron chi connectivity index (χ3n) is 2.68. The first-order chi connectivity index (χ1) is 8.32. The predicted molar refractivity (Wildman–Crippen MR) is 92.5 cm³/mol. The minimum absolute atomic E-state index is 0. The van der Waals surface area contributed by atoms with Gasteiger partial charge in [0.1, 0.15) is 0 Å². The van der Waals surface area contributed by atoms with E-state index in [1.54, 1.807) is 7.11 Å². The van der Waals surface area contributed by atoms with Gasteiger partial charge in [-0.2, -0.15) is 0 Å². The van der Waals surface area contributed by atoms with Crippen molar-refractivity contribution in [2.45, 2.75) is 33.3 Å². The summed E-state index contributed by atoms with van der Waals surface area (Å²) >= 11 is 0. The van der Waals surface area contributed by atoms with Gasteiger partial charge in [0.25, 0.3) is 0 Å². The Labute approximate surface area is 132 Å². The largest absolute Gasteiger partial charge is 0.377 e. The molecule has 1 aromatic carbocycles. The molecule has 19 heavy (non-hydrogen) atoms. The van der Waals surface area contributed by atoms with Crippen LogP contribution in [0.1, 0.15) is 25.0 Å². The fourth-order valence-corrected chi connectivity index (χ4v) is 1.57. The van der Waals surface area contributed by atoms with E-state index in [9.17, 15) is 0 Å². The Morgan fingerprint density at radius 1 is 1.26 bits per heavy atom. The van der Waals surface area contributed by atoms with Gasteiger partial charge in [-0.25, -0.2) is 0 Å². The van der Waals surface area contributed by atoms with Crippen LogP contribution in [-0.2, 0) is 4.74 Å². The molecular formula is C14H24IN3O. The molecule has 0 saturated carbocycles. The summed E-state index contributed by atoms with van der Waals surface area (Å²) < 4.78 is 5.29. The van der Waals surface area contributed by atoms with E-state index in [0.29, 0.717) is 12.5 Å². The highest BCUT2D eigenvalue weighted by atomic mass is 127. The molecule has 0 aromatic heterocycles. The van der Waals surface area contributed by atoms with Crippen LogP contribution in [0.4, 0.5) is 5.69 Å². The van der Waals surface area contributed by atoms with Crippen molar-refractivity contribution in [3.8, 4) is 0 Å². The van der Waals surface area contributed by atoms with Crippen LogP contribution in [0.5, 0.6) is 0 Å². The summed E-state index contributed by atoms with van der Waals surface area (Å²) in [7, 11) is 1.67. The van der Waals surface area contributed by atoms with Crippen LogP contribution >= 0.6 is 24.0 Å². The highest BCUT2D eigenvalue weighted by molar-refractivity contribution is 14.0. The number of methoxy groups -OCH3 is 1. The molecule has 0 aliphatic heterocycles. The van der Waals surface area contributed by atoms with Gasteiger partial charge in [0.15, 0.2) is 5.96 Å².